The number of aliphatic carboxylic acids is 1. The van der Waals surface area contributed by atoms with Crippen LogP contribution in [0.3, 0.4) is 0 Å². The van der Waals surface area contributed by atoms with E-state index in [-0.39, 0.29) is 5.97 Å². The van der Waals surface area contributed by atoms with Crippen molar-refractivity contribution in [2.45, 2.75) is 59.7 Å². The first-order chi connectivity index (χ1) is 24.2. The van der Waals surface area contributed by atoms with Crippen molar-refractivity contribution in [2.75, 3.05) is 33.0 Å². The van der Waals surface area contributed by atoms with Crippen LogP contribution in [0.15, 0.2) is 96.1 Å². The number of carboxylic acids is 1. The molecule has 0 aliphatic rings. The average molecular weight is 679 g/mol. The van der Waals surface area contributed by atoms with Crippen LogP contribution in [0.4, 0.5) is 0 Å². The number of ether oxygens (including phenoxy) is 5. The van der Waals surface area contributed by atoms with Gasteiger partial charge in [-0.3, -0.25) is 0 Å². The van der Waals surface area contributed by atoms with Crippen molar-refractivity contribution in [1.82, 2.24) is 0 Å². The predicted octanol–water partition coefficient (Wildman–Crippen LogP) is 6.98. The summed E-state index contributed by atoms with van der Waals surface area (Å²) in [5.74, 6) is 12.7. The lowest BCUT2D eigenvalue weighted by Gasteiger charge is -2.15. The van der Waals surface area contributed by atoms with Gasteiger partial charge in [0, 0.05) is 37.2 Å². The maximum atomic E-state index is 12.1. The van der Waals surface area contributed by atoms with E-state index in [9.17, 15) is 14.7 Å². The number of esters is 1. The Morgan fingerprint density at radius 3 is 1.46 bits per heavy atom. The molecule has 0 aliphatic carbocycles. The fourth-order valence-corrected chi connectivity index (χ4v) is 4.54. The molecule has 0 saturated heterocycles. The van der Waals surface area contributed by atoms with Crippen molar-refractivity contribution < 1.29 is 38.4 Å². The fourth-order valence-electron chi connectivity index (χ4n) is 4.54. The van der Waals surface area contributed by atoms with E-state index in [0.29, 0.717) is 51.6 Å². The highest BCUT2D eigenvalue weighted by Crippen LogP contribution is 2.16. The van der Waals surface area contributed by atoms with E-state index in [0.717, 1.165) is 39.1 Å². The van der Waals surface area contributed by atoms with Crippen LogP contribution in [-0.4, -0.2) is 62.3 Å². The van der Waals surface area contributed by atoms with Gasteiger partial charge in [-0.05, 0) is 118 Å². The molecule has 0 fully saturated rings. The van der Waals surface area contributed by atoms with E-state index >= 15 is 0 Å². The van der Waals surface area contributed by atoms with Crippen LogP contribution >= 0.6 is 0 Å². The molecule has 262 valence electrons. The zero-order valence-corrected chi connectivity index (χ0v) is 29.5. The van der Waals surface area contributed by atoms with Crippen LogP contribution < -0.4 is 9.47 Å². The molecule has 3 aromatic rings. The molecule has 3 aromatic carbocycles. The van der Waals surface area contributed by atoms with Crippen LogP contribution in [0.25, 0.3) is 0 Å². The SMILES string of the molecule is CCOC(=O)C(Cc1ccc(OC/C=C(\C)C#Cc2ccc(C#C/C(C)=C/COc3ccc(CC(OCC)C(=O)O)cc3)cc2)cc1)OCC. The molecule has 0 spiro atoms. The summed E-state index contributed by atoms with van der Waals surface area (Å²) in [6.45, 7) is 11.1. The van der Waals surface area contributed by atoms with Crippen LogP contribution in [-0.2, 0) is 36.6 Å². The highest BCUT2D eigenvalue weighted by atomic mass is 16.6. The summed E-state index contributed by atoms with van der Waals surface area (Å²) < 4.78 is 27.6. The van der Waals surface area contributed by atoms with Gasteiger partial charge in [0.25, 0.3) is 0 Å². The summed E-state index contributed by atoms with van der Waals surface area (Å²) in [5, 5.41) is 9.27. The summed E-state index contributed by atoms with van der Waals surface area (Å²) in [6, 6.07) is 22.7. The summed E-state index contributed by atoms with van der Waals surface area (Å²) >= 11 is 0. The first kappa shape index (κ1) is 39.2. The van der Waals surface area contributed by atoms with Crippen LogP contribution in [0.5, 0.6) is 11.5 Å². The summed E-state index contributed by atoms with van der Waals surface area (Å²) in [7, 11) is 0. The molecule has 0 radical (unpaired) electrons. The molecular formula is C42H46O8. The second-order valence-corrected chi connectivity index (χ2v) is 11.1. The lowest BCUT2D eigenvalue weighted by atomic mass is 10.1. The second-order valence-electron chi connectivity index (χ2n) is 11.1. The van der Waals surface area contributed by atoms with Crippen LogP contribution in [0, 0.1) is 23.7 Å². The molecule has 8 nitrogen and oxygen atoms in total. The monoisotopic (exact) mass is 678 g/mol. The molecule has 0 amide bonds. The Morgan fingerprint density at radius 1 is 0.640 bits per heavy atom. The Kier molecular flexibility index (Phi) is 16.9. The number of benzene rings is 3. The van der Waals surface area contributed by atoms with E-state index in [2.05, 4.69) is 23.7 Å². The maximum Gasteiger partial charge on any atom is 0.335 e. The number of hydrogen-bond acceptors (Lipinski definition) is 7. The summed E-state index contributed by atoms with van der Waals surface area (Å²) in [6.07, 6.45) is 3.11. The number of hydrogen-bond donors (Lipinski definition) is 1. The minimum atomic E-state index is -0.969. The van der Waals surface area contributed by atoms with Crippen molar-refractivity contribution in [1.29, 1.82) is 0 Å². The third-order valence-corrected chi connectivity index (χ3v) is 7.22. The number of carbonyl (C=O) groups excluding carboxylic acids is 1. The lowest BCUT2D eigenvalue weighted by molar-refractivity contribution is -0.156. The molecule has 8 heteroatoms. The highest BCUT2D eigenvalue weighted by Gasteiger charge is 2.20. The zero-order chi connectivity index (χ0) is 36.1. The van der Waals surface area contributed by atoms with E-state index < -0.39 is 18.2 Å². The molecule has 2 unspecified atom stereocenters. The topological polar surface area (TPSA) is 101 Å². The molecule has 0 heterocycles. The normalized spacial score (nSPS) is 12.4. The van der Waals surface area contributed by atoms with Gasteiger partial charge in [0.2, 0.25) is 0 Å². The minimum Gasteiger partial charge on any atom is -0.490 e. The highest BCUT2D eigenvalue weighted by molar-refractivity contribution is 5.75. The van der Waals surface area contributed by atoms with Crippen LogP contribution in [0.1, 0.15) is 56.9 Å². The molecule has 0 saturated carbocycles. The molecule has 2 atom stereocenters. The molecule has 1 N–H and O–H groups in total. The molecule has 0 aliphatic heterocycles. The Labute approximate surface area is 296 Å². The van der Waals surface area contributed by atoms with Crippen molar-refractivity contribution >= 4 is 11.9 Å². The van der Waals surface area contributed by atoms with E-state index in [1.807, 2.05) is 106 Å². The summed E-state index contributed by atoms with van der Waals surface area (Å²) in [5.41, 5.74) is 5.37. The predicted molar refractivity (Wildman–Crippen MR) is 194 cm³/mol. The standard InChI is InChI=1S/C42H46O8/c1-6-46-39(41(43)44)29-35-17-21-37(22-18-35)49-27-25-31(4)9-11-33-13-15-34(16-14-33)12-10-32(5)26-28-50-38-23-19-36(20-24-38)30-40(47-7-2)42(45)48-8-3/h13-26,39-40H,6-8,27-30H2,1-5H3,(H,43,44)/b31-25+,32-26+. The third kappa shape index (κ3) is 14.5. The van der Waals surface area contributed by atoms with Gasteiger partial charge in [-0.15, -0.1) is 0 Å². The Balaban J connectivity index is 1.43. The van der Waals surface area contributed by atoms with Crippen molar-refractivity contribution in [2.24, 2.45) is 0 Å². The van der Waals surface area contributed by atoms with E-state index in [4.69, 9.17) is 23.7 Å². The minimum absolute atomic E-state index is 0.300. The first-order valence-corrected chi connectivity index (χ1v) is 16.7. The average Bonchev–Trinajstić information content (AvgIpc) is 3.11. The largest absolute Gasteiger partial charge is 0.490 e. The van der Waals surface area contributed by atoms with Gasteiger partial charge in [-0.1, -0.05) is 47.9 Å². The van der Waals surface area contributed by atoms with Gasteiger partial charge in [-0.25, -0.2) is 9.59 Å². The van der Waals surface area contributed by atoms with Gasteiger partial charge >= 0.3 is 11.9 Å². The Hall–Kier alpha value is -5.28. The number of carbonyl (C=O) groups is 2. The second kappa shape index (κ2) is 21.6. The van der Waals surface area contributed by atoms with Gasteiger partial charge < -0.3 is 28.8 Å². The van der Waals surface area contributed by atoms with Crippen molar-refractivity contribution in [3.63, 3.8) is 0 Å². The quantitative estimate of drug-likeness (QED) is 0.121. The Bertz CT molecular complexity index is 1700. The summed E-state index contributed by atoms with van der Waals surface area (Å²) in [4.78, 5) is 23.4. The zero-order valence-electron chi connectivity index (χ0n) is 29.5. The third-order valence-electron chi connectivity index (χ3n) is 7.22. The number of allylic oxidation sites excluding steroid dienone is 2. The first-order valence-electron chi connectivity index (χ1n) is 16.7. The number of carboxylic acid groups (broad SMARTS) is 1. The molecule has 50 heavy (non-hydrogen) atoms. The molecule has 3 rings (SSSR count). The smallest absolute Gasteiger partial charge is 0.335 e. The van der Waals surface area contributed by atoms with E-state index in [1.165, 1.54) is 0 Å². The molecule has 0 bridgehead atoms. The van der Waals surface area contributed by atoms with Gasteiger partial charge in [0.1, 0.15) is 24.7 Å². The van der Waals surface area contributed by atoms with Gasteiger partial charge in [0.05, 0.1) is 6.61 Å². The lowest BCUT2D eigenvalue weighted by Crippen LogP contribution is -2.28. The fraction of sp³-hybridized carbons (Fsp3) is 0.333. The Morgan fingerprint density at radius 2 is 1.06 bits per heavy atom. The van der Waals surface area contributed by atoms with Gasteiger partial charge in [0.15, 0.2) is 12.2 Å². The van der Waals surface area contributed by atoms with E-state index in [1.54, 1.807) is 13.8 Å². The number of rotatable bonds is 17. The van der Waals surface area contributed by atoms with Crippen LogP contribution in [0.2, 0.25) is 0 Å². The maximum absolute atomic E-state index is 12.1. The molecule has 0 aromatic heterocycles. The van der Waals surface area contributed by atoms with Crippen molar-refractivity contribution in [3.8, 4) is 35.2 Å². The molecular weight excluding hydrogens is 632 g/mol. The van der Waals surface area contributed by atoms with Crippen molar-refractivity contribution in [3.05, 3.63) is 118 Å². The van der Waals surface area contributed by atoms with Gasteiger partial charge in [-0.2, -0.15) is 0 Å².